The molecule has 9 heteroatoms. The summed E-state index contributed by atoms with van der Waals surface area (Å²) in [7, 11) is 0. The summed E-state index contributed by atoms with van der Waals surface area (Å²) in [6, 6.07) is 14.7. The second kappa shape index (κ2) is 8.71. The maximum Gasteiger partial charge on any atom is 0.196 e. The summed E-state index contributed by atoms with van der Waals surface area (Å²) in [6.07, 6.45) is 2.63. The van der Waals surface area contributed by atoms with Gasteiger partial charge in [0.25, 0.3) is 0 Å². The van der Waals surface area contributed by atoms with Crippen molar-refractivity contribution in [2.45, 2.75) is 53.0 Å². The molecule has 6 rings (SSSR count). The molecule has 36 heavy (non-hydrogen) atoms. The van der Waals surface area contributed by atoms with Crippen LogP contribution in [0.25, 0.3) is 16.9 Å². The van der Waals surface area contributed by atoms with Crippen molar-refractivity contribution in [3.63, 3.8) is 0 Å². The van der Waals surface area contributed by atoms with Gasteiger partial charge in [-0.05, 0) is 74.6 Å². The van der Waals surface area contributed by atoms with E-state index in [-0.39, 0.29) is 6.04 Å². The van der Waals surface area contributed by atoms with Crippen LogP contribution in [0.1, 0.15) is 53.9 Å². The van der Waals surface area contributed by atoms with E-state index in [9.17, 15) is 0 Å². The molecule has 1 unspecified atom stereocenters. The largest absolute Gasteiger partial charge is 0.330 e. The molecule has 5 aromatic rings. The van der Waals surface area contributed by atoms with Gasteiger partial charge in [-0.25, -0.2) is 9.97 Å². The first-order valence-electron chi connectivity index (χ1n) is 12.3. The third-order valence-electron chi connectivity index (χ3n) is 7.15. The fourth-order valence-electron chi connectivity index (χ4n) is 5.40. The summed E-state index contributed by atoms with van der Waals surface area (Å²) in [4.78, 5) is 12.0. The van der Waals surface area contributed by atoms with E-state index in [0.29, 0.717) is 10.8 Å². The second-order valence-corrected chi connectivity index (χ2v) is 9.69. The molecule has 0 fully saturated rings. The minimum atomic E-state index is -0.101. The molecule has 3 aromatic heterocycles. The first kappa shape index (κ1) is 22.7. The molecule has 0 saturated carbocycles. The van der Waals surface area contributed by atoms with Crippen LogP contribution in [0.3, 0.4) is 0 Å². The normalized spacial score (nSPS) is 14.0. The molecular weight excluding hydrogens is 472 g/mol. The van der Waals surface area contributed by atoms with Gasteiger partial charge in [0.1, 0.15) is 11.3 Å². The topological polar surface area (TPSA) is 88.4 Å². The Morgan fingerprint density at radius 1 is 1.03 bits per heavy atom. The molecule has 182 valence electrons. The number of nitrogens with one attached hydrogen (secondary N) is 1. The average molecular weight is 499 g/mol. The number of hydrogen-bond acceptors (Lipinski definition) is 6. The minimum absolute atomic E-state index is 0.101. The smallest absolute Gasteiger partial charge is 0.196 e. The zero-order valence-electron chi connectivity index (χ0n) is 20.7. The summed E-state index contributed by atoms with van der Waals surface area (Å²) in [5.74, 6) is 1.60. The van der Waals surface area contributed by atoms with Crippen molar-refractivity contribution in [1.82, 2.24) is 35.2 Å². The monoisotopic (exact) mass is 498 g/mol. The Bertz CT molecular complexity index is 1590. The van der Waals surface area contributed by atoms with Crippen LogP contribution in [-0.2, 0) is 19.3 Å². The van der Waals surface area contributed by atoms with Gasteiger partial charge in [0.15, 0.2) is 11.5 Å². The number of H-pyrrole nitrogens is 1. The van der Waals surface area contributed by atoms with Crippen LogP contribution < -0.4 is 4.90 Å². The predicted molar refractivity (Wildman–Crippen MR) is 141 cm³/mol. The van der Waals surface area contributed by atoms with Crippen LogP contribution in [0.2, 0.25) is 5.02 Å². The van der Waals surface area contributed by atoms with Crippen molar-refractivity contribution in [3.8, 4) is 5.69 Å². The number of imidazole rings is 1. The third kappa shape index (κ3) is 3.47. The number of aromatic nitrogens is 7. The molecular formula is C27H27ClN8. The number of para-hydroxylation sites is 1. The first-order chi connectivity index (χ1) is 17.5. The molecule has 0 saturated heterocycles. The van der Waals surface area contributed by atoms with Crippen LogP contribution in [0.5, 0.6) is 0 Å². The number of halogens is 1. The van der Waals surface area contributed by atoms with E-state index in [1.165, 1.54) is 22.4 Å². The highest BCUT2D eigenvalue weighted by molar-refractivity contribution is 6.34. The average Bonchev–Trinajstić information content (AvgIpc) is 3.49. The van der Waals surface area contributed by atoms with E-state index >= 15 is 0 Å². The predicted octanol–water partition coefficient (Wildman–Crippen LogP) is 5.76. The number of pyridine rings is 1. The minimum Gasteiger partial charge on any atom is -0.330 e. The number of nitrogens with zero attached hydrogens (tertiary/aromatic N) is 7. The second-order valence-electron chi connectivity index (χ2n) is 9.29. The van der Waals surface area contributed by atoms with Gasteiger partial charge in [-0.15, -0.1) is 10.2 Å². The van der Waals surface area contributed by atoms with Gasteiger partial charge in [-0.1, -0.05) is 41.9 Å². The van der Waals surface area contributed by atoms with Gasteiger partial charge in [0.2, 0.25) is 0 Å². The Morgan fingerprint density at radius 2 is 1.83 bits per heavy atom. The number of hydrogen-bond donors (Lipinski definition) is 1. The Labute approximate surface area is 214 Å². The zero-order chi connectivity index (χ0) is 25.0. The molecule has 1 atom stereocenters. The fraction of sp³-hybridized carbons (Fsp3) is 0.296. The molecule has 0 spiro atoms. The van der Waals surface area contributed by atoms with Gasteiger partial charge in [0.05, 0.1) is 16.8 Å². The van der Waals surface area contributed by atoms with E-state index < -0.39 is 0 Å². The van der Waals surface area contributed by atoms with E-state index in [1.54, 1.807) is 0 Å². The highest BCUT2D eigenvalue weighted by Gasteiger charge is 2.30. The summed E-state index contributed by atoms with van der Waals surface area (Å²) in [5, 5.41) is 15.6. The maximum atomic E-state index is 6.58. The van der Waals surface area contributed by atoms with Crippen molar-refractivity contribution in [2.75, 3.05) is 4.90 Å². The van der Waals surface area contributed by atoms with Gasteiger partial charge in [-0.2, -0.15) is 5.21 Å². The van der Waals surface area contributed by atoms with E-state index in [2.05, 4.69) is 87.3 Å². The molecule has 8 nitrogen and oxygen atoms in total. The zero-order valence-corrected chi connectivity index (χ0v) is 21.5. The first-order valence-corrected chi connectivity index (χ1v) is 12.6. The van der Waals surface area contributed by atoms with E-state index in [1.807, 2.05) is 13.0 Å². The summed E-state index contributed by atoms with van der Waals surface area (Å²) in [6.45, 7) is 8.39. The fourth-order valence-corrected chi connectivity index (χ4v) is 5.69. The van der Waals surface area contributed by atoms with Crippen molar-refractivity contribution in [1.29, 1.82) is 0 Å². The number of rotatable bonds is 4. The lowest BCUT2D eigenvalue weighted by atomic mass is 9.98. The number of anilines is 2. The Balaban J connectivity index is 1.58. The number of aryl methyl sites for hydroxylation is 3. The molecule has 0 bridgehead atoms. The Morgan fingerprint density at radius 3 is 2.61 bits per heavy atom. The van der Waals surface area contributed by atoms with Crippen LogP contribution in [-0.4, -0.2) is 35.2 Å². The summed E-state index contributed by atoms with van der Waals surface area (Å²) < 4.78 is 2.18. The van der Waals surface area contributed by atoms with Gasteiger partial charge in [0, 0.05) is 23.5 Å². The van der Waals surface area contributed by atoms with E-state index in [0.717, 1.165) is 53.3 Å². The quantitative estimate of drug-likeness (QED) is 0.338. The van der Waals surface area contributed by atoms with Gasteiger partial charge < -0.3 is 4.90 Å². The van der Waals surface area contributed by atoms with Crippen LogP contribution in [0.15, 0.2) is 42.5 Å². The molecule has 0 aliphatic carbocycles. The molecule has 0 amide bonds. The van der Waals surface area contributed by atoms with E-state index in [4.69, 9.17) is 21.6 Å². The SMILES string of the molecule is CCc1nc2c(Cl)cc(C)nc2n1-c1ccc2c(c1C)CCc1ccccc1N2C(C)c1nn[nH]n1. The number of aromatic amines is 1. The Hall–Kier alpha value is -3.78. The molecule has 0 radical (unpaired) electrons. The van der Waals surface area contributed by atoms with Crippen molar-refractivity contribution < 1.29 is 0 Å². The lowest BCUT2D eigenvalue weighted by molar-refractivity contribution is 0.711. The highest BCUT2D eigenvalue weighted by Crippen LogP contribution is 2.43. The van der Waals surface area contributed by atoms with Crippen molar-refractivity contribution in [3.05, 3.63) is 81.5 Å². The van der Waals surface area contributed by atoms with Gasteiger partial charge in [-0.3, -0.25) is 4.57 Å². The van der Waals surface area contributed by atoms with Crippen molar-refractivity contribution >= 4 is 34.1 Å². The van der Waals surface area contributed by atoms with Crippen LogP contribution >= 0.6 is 11.6 Å². The molecule has 1 aliphatic heterocycles. The molecule has 4 heterocycles. The molecule has 1 aliphatic rings. The maximum absolute atomic E-state index is 6.58. The summed E-state index contributed by atoms with van der Waals surface area (Å²) in [5.41, 5.74) is 9.63. The molecule has 2 aromatic carbocycles. The lowest BCUT2D eigenvalue weighted by Gasteiger charge is -2.32. The third-order valence-corrected chi connectivity index (χ3v) is 7.43. The van der Waals surface area contributed by atoms with Crippen LogP contribution in [0, 0.1) is 13.8 Å². The number of fused-ring (bicyclic) bond motifs is 3. The number of tetrazole rings is 1. The van der Waals surface area contributed by atoms with Gasteiger partial charge >= 0.3 is 0 Å². The number of benzene rings is 2. The van der Waals surface area contributed by atoms with Crippen LogP contribution in [0.4, 0.5) is 11.4 Å². The van der Waals surface area contributed by atoms with Crippen molar-refractivity contribution in [2.24, 2.45) is 0 Å². The lowest BCUT2D eigenvalue weighted by Crippen LogP contribution is -2.24. The standard InChI is InChI=1S/C27H27ClN8/c1-5-24-30-25-20(28)14-15(2)29-27(25)36(24)21-12-13-23-19(16(21)3)11-10-18-8-6-7-9-22(18)35(23)17(4)26-31-33-34-32-26/h6-9,12-14,17H,5,10-11H2,1-4H3,(H,31,32,33,34). The summed E-state index contributed by atoms with van der Waals surface area (Å²) >= 11 is 6.58. The Kier molecular flexibility index (Phi) is 5.48. The molecule has 1 N–H and O–H groups in total. The highest BCUT2D eigenvalue weighted by atomic mass is 35.5.